The maximum atomic E-state index is 5.50. The molecule has 0 bridgehead atoms. The Hall–Kier alpha value is -1.06. The molecule has 0 amide bonds. The molecule has 1 unspecified atom stereocenters. The lowest BCUT2D eigenvalue weighted by Crippen LogP contribution is -2.26. The van der Waals surface area contributed by atoms with E-state index in [4.69, 9.17) is 9.47 Å². The zero-order valence-corrected chi connectivity index (χ0v) is 13.2. The van der Waals surface area contributed by atoms with Crippen LogP contribution in [0.4, 0.5) is 0 Å². The number of methoxy groups -OCH3 is 1. The van der Waals surface area contributed by atoms with E-state index in [-0.39, 0.29) is 0 Å². The average molecular weight is 279 g/mol. The summed E-state index contributed by atoms with van der Waals surface area (Å²) in [5, 5.41) is 3.52. The first kappa shape index (κ1) is 17.0. The number of nitrogens with one attached hydrogen (secondary N) is 1. The summed E-state index contributed by atoms with van der Waals surface area (Å²) >= 11 is 0. The van der Waals surface area contributed by atoms with Crippen molar-refractivity contribution in [2.75, 3.05) is 33.4 Å². The van der Waals surface area contributed by atoms with Gasteiger partial charge >= 0.3 is 0 Å². The molecule has 114 valence electrons. The Bertz CT molecular complexity index is 345. The van der Waals surface area contributed by atoms with Gasteiger partial charge in [0.1, 0.15) is 5.75 Å². The van der Waals surface area contributed by atoms with Crippen molar-refractivity contribution >= 4 is 0 Å². The predicted octanol–water partition coefficient (Wildman–Crippen LogP) is 3.28. The normalized spacial score (nSPS) is 12.3. The van der Waals surface area contributed by atoms with Crippen LogP contribution in [0.3, 0.4) is 0 Å². The van der Waals surface area contributed by atoms with Crippen LogP contribution in [0.2, 0.25) is 0 Å². The van der Waals surface area contributed by atoms with E-state index in [2.05, 4.69) is 30.4 Å². The first-order chi connectivity index (χ1) is 9.80. The fourth-order valence-corrected chi connectivity index (χ4v) is 2.29. The van der Waals surface area contributed by atoms with Crippen LogP contribution in [0.1, 0.15) is 32.3 Å². The molecule has 0 aliphatic heterocycles. The SMILES string of the molecule is CCCNCC(CCOCC)Cc1cccc(OC)c1. The second-order valence-electron chi connectivity index (χ2n) is 5.11. The van der Waals surface area contributed by atoms with E-state index in [1.165, 1.54) is 12.0 Å². The van der Waals surface area contributed by atoms with Crippen LogP contribution in [0, 0.1) is 5.92 Å². The molecule has 0 fully saturated rings. The summed E-state index contributed by atoms with van der Waals surface area (Å²) < 4.78 is 10.8. The first-order valence-corrected chi connectivity index (χ1v) is 7.71. The van der Waals surface area contributed by atoms with Crippen LogP contribution < -0.4 is 10.1 Å². The number of rotatable bonds is 11. The summed E-state index contributed by atoms with van der Waals surface area (Å²) in [5.41, 5.74) is 1.34. The van der Waals surface area contributed by atoms with Gasteiger partial charge in [0.25, 0.3) is 0 Å². The summed E-state index contributed by atoms with van der Waals surface area (Å²) in [5.74, 6) is 1.55. The second-order valence-corrected chi connectivity index (χ2v) is 5.11. The molecule has 0 spiro atoms. The molecule has 3 heteroatoms. The molecule has 0 aromatic heterocycles. The molecule has 0 saturated heterocycles. The van der Waals surface area contributed by atoms with E-state index < -0.39 is 0 Å². The Morgan fingerprint density at radius 1 is 1.25 bits per heavy atom. The highest BCUT2D eigenvalue weighted by atomic mass is 16.5. The molecular formula is C17H29NO2. The van der Waals surface area contributed by atoms with Gasteiger partial charge < -0.3 is 14.8 Å². The van der Waals surface area contributed by atoms with Crippen molar-refractivity contribution in [3.63, 3.8) is 0 Å². The number of benzene rings is 1. The predicted molar refractivity (Wildman–Crippen MR) is 84.5 cm³/mol. The summed E-state index contributed by atoms with van der Waals surface area (Å²) in [6, 6.07) is 8.37. The second kappa shape index (κ2) is 10.7. The molecule has 0 aliphatic carbocycles. The van der Waals surface area contributed by atoms with Crippen LogP contribution in [-0.2, 0) is 11.2 Å². The fourth-order valence-electron chi connectivity index (χ4n) is 2.29. The van der Waals surface area contributed by atoms with Crippen molar-refractivity contribution < 1.29 is 9.47 Å². The van der Waals surface area contributed by atoms with Gasteiger partial charge in [-0.05, 0) is 62.9 Å². The van der Waals surface area contributed by atoms with Gasteiger partial charge in [0.15, 0.2) is 0 Å². The Morgan fingerprint density at radius 2 is 2.10 bits per heavy atom. The maximum Gasteiger partial charge on any atom is 0.119 e. The number of hydrogen-bond donors (Lipinski definition) is 1. The molecule has 1 N–H and O–H groups in total. The largest absolute Gasteiger partial charge is 0.497 e. The van der Waals surface area contributed by atoms with Crippen molar-refractivity contribution in [3.8, 4) is 5.75 Å². The summed E-state index contributed by atoms with van der Waals surface area (Å²) in [6.07, 6.45) is 3.35. The highest BCUT2D eigenvalue weighted by Gasteiger charge is 2.10. The van der Waals surface area contributed by atoms with Crippen molar-refractivity contribution in [1.29, 1.82) is 0 Å². The van der Waals surface area contributed by atoms with Gasteiger partial charge in [0, 0.05) is 13.2 Å². The van der Waals surface area contributed by atoms with E-state index in [1.54, 1.807) is 7.11 Å². The van der Waals surface area contributed by atoms with Gasteiger partial charge in [-0.15, -0.1) is 0 Å². The van der Waals surface area contributed by atoms with Crippen LogP contribution in [0.25, 0.3) is 0 Å². The van der Waals surface area contributed by atoms with E-state index >= 15 is 0 Å². The molecule has 20 heavy (non-hydrogen) atoms. The lowest BCUT2D eigenvalue weighted by molar-refractivity contribution is 0.131. The molecule has 0 aliphatic rings. The van der Waals surface area contributed by atoms with Crippen molar-refractivity contribution in [2.45, 2.75) is 33.1 Å². The highest BCUT2D eigenvalue weighted by molar-refractivity contribution is 5.28. The molecule has 1 atom stereocenters. The minimum atomic E-state index is 0.611. The molecule has 0 heterocycles. The summed E-state index contributed by atoms with van der Waals surface area (Å²) in [6.45, 7) is 8.03. The van der Waals surface area contributed by atoms with E-state index in [9.17, 15) is 0 Å². The van der Waals surface area contributed by atoms with Crippen molar-refractivity contribution in [3.05, 3.63) is 29.8 Å². The zero-order chi connectivity index (χ0) is 14.6. The topological polar surface area (TPSA) is 30.5 Å². The molecule has 1 aromatic carbocycles. The van der Waals surface area contributed by atoms with Crippen molar-refractivity contribution in [1.82, 2.24) is 5.32 Å². The first-order valence-electron chi connectivity index (χ1n) is 7.71. The van der Waals surface area contributed by atoms with E-state index in [1.807, 2.05) is 13.0 Å². The highest BCUT2D eigenvalue weighted by Crippen LogP contribution is 2.17. The fraction of sp³-hybridized carbons (Fsp3) is 0.647. The lowest BCUT2D eigenvalue weighted by atomic mass is 9.96. The molecular weight excluding hydrogens is 250 g/mol. The average Bonchev–Trinajstić information content (AvgIpc) is 2.47. The maximum absolute atomic E-state index is 5.50. The Balaban J connectivity index is 2.51. The standard InChI is InChI=1S/C17H29NO2/c1-4-10-18-14-16(9-11-20-5-2)12-15-7-6-8-17(13-15)19-3/h6-8,13,16,18H,4-5,9-12,14H2,1-3H3. The third-order valence-corrected chi connectivity index (χ3v) is 3.39. The van der Waals surface area contributed by atoms with Gasteiger partial charge in [-0.1, -0.05) is 19.1 Å². The minimum absolute atomic E-state index is 0.611. The molecule has 1 rings (SSSR count). The number of ether oxygens (including phenoxy) is 2. The lowest BCUT2D eigenvalue weighted by Gasteiger charge is -2.18. The third-order valence-electron chi connectivity index (χ3n) is 3.39. The van der Waals surface area contributed by atoms with Gasteiger partial charge in [-0.25, -0.2) is 0 Å². The molecule has 0 radical (unpaired) electrons. The molecule has 3 nitrogen and oxygen atoms in total. The van der Waals surface area contributed by atoms with Crippen molar-refractivity contribution in [2.24, 2.45) is 5.92 Å². The summed E-state index contributed by atoms with van der Waals surface area (Å²) in [4.78, 5) is 0. The molecule has 0 saturated carbocycles. The smallest absolute Gasteiger partial charge is 0.119 e. The van der Waals surface area contributed by atoms with Crippen LogP contribution in [0.15, 0.2) is 24.3 Å². The Morgan fingerprint density at radius 3 is 2.80 bits per heavy atom. The van der Waals surface area contributed by atoms with Gasteiger partial charge in [-0.3, -0.25) is 0 Å². The van der Waals surface area contributed by atoms with Gasteiger partial charge in [0.05, 0.1) is 7.11 Å². The van der Waals surface area contributed by atoms with Gasteiger partial charge in [-0.2, -0.15) is 0 Å². The Kier molecular flexibility index (Phi) is 9.09. The van der Waals surface area contributed by atoms with Crippen LogP contribution in [-0.4, -0.2) is 33.4 Å². The Labute approximate surface area is 123 Å². The minimum Gasteiger partial charge on any atom is -0.497 e. The third kappa shape index (κ3) is 6.92. The molecule has 1 aromatic rings. The van der Waals surface area contributed by atoms with Crippen LogP contribution in [0.5, 0.6) is 5.75 Å². The van der Waals surface area contributed by atoms with Crippen LogP contribution >= 0.6 is 0 Å². The number of hydrogen-bond acceptors (Lipinski definition) is 3. The zero-order valence-electron chi connectivity index (χ0n) is 13.2. The van der Waals surface area contributed by atoms with E-state index in [0.717, 1.165) is 44.9 Å². The van der Waals surface area contributed by atoms with E-state index in [0.29, 0.717) is 5.92 Å². The summed E-state index contributed by atoms with van der Waals surface area (Å²) in [7, 11) is 1.72. The van der Waals surface area contributed by atoms with Gasteiger partial charge in [0.2, 0.25) is 0 Å². The monoisotopic (exact) mass is 279 g/mol. The quantitative estimate of drug-likeness (QED) is 0.631.